The molecule has 4 rings (SSSR count). The van der Waals surface area contributed by atoms with E-state index in [1.807, 2.05) is 0 Å². The standard InChI is InChI=1S/C22H22F3NO5S/c1-14-12-15(6-7-19(14)30-2)32(28,29)26-10-8-21(9-11-26)13-18(27)16-4-3-5-17(20(16)31-21)22(23,24)25/h3-7,12H,8-11,13H2,1-2H3. The lowest BCUT2D eigenvalue weighted by atomic mass is 9.82. The van der Waals surface area contributed by atoms with Crippen LogP contribution in [0.25, 0.3) is 0 Å². The number of methoxy groups -OCH3 is 1. The third kappa shape index (κ3) is 3.86. The number of fused-ring (bicyclic) bond motifs is 1. The first-order chi connectivity index (χ1) is 15.0. The molecule has 0 unspecified atom stereocenters. The summed E-state index contributed by atoms with van der Waals surface area (Å²) in [6.45, 7) is 1.80. The Morgan fingerprint density at radius 3 is 2.41 bits per heavy atom. The van der Waals surface area contributed by atoms with Crippen molar-refractivity contribution >= 4 is 15.8 Å². The fourth-order valence-corrected chi connectivity index (χ4v) is 5.83. The summed E-state index contributed by atoms with van der Waals surface area (Å²) in [5.74, 6) is -0.326. The highest BCUT2D eigenvalue weighted by atomic mass is 32.2. The maximum atomic E-state index is 13.5. The largest absolute Gasteiger partial charge is 0.496 e. The summed E-state index contributed by atoms with van der Waals surface area (Å²) in [6.07, 6.45) is -4.53. The predicted molar refractivity (Wildman–Crippen MR) is 109 cm³/mol. The normalized spacial score (nSPS) is 18.8. The first-order valence-electron chi connectivity index (χ1n) is 10.0. The Labute approximate surface area is 184 Å². The second-order valence-corrected chi connectivity index (χ2v) is 10.0. The van der Waals surface area contributed by atoms with Gasteiger partial charge in [-0.1, -0.05) is 6.07 Å². The molecule has 1 fully saturated rings. The number of rotatable bonds is 3. The summed E-state index contributed by atoms with van der Waals surface area (Å²) in [6, 6.07) is 7.95. The molecule has 0 aromatic heterocycles. The summed E-state index contributed by atoms with van der Waals surface area (Å²) in [5, 5.41) is 0. The molecule has 10 heteroatoms. The quantitative estimate of drug-likeness (QED) is 0.674. The van der Waals surface area contributed by atoms with E-state index in [4.69, 9.17) is 9.47 Å². The number of carbonyl (C=O) groups excluding carboxylic acids is 1. The van der Waals surface area contributed by atoms with E-state index in [-0.39, 0.29) is 42.8 Å². The lowest BCUT2D eigenvalue weighted by Crippen LogP contribution is -2.52. The fraction of sp³-hybridized carbons (Fsp3) is 0.409. The van der Waals surface area contributed by atoms with E-state index in [0.717, 1.165) is 6.07 Å². The van der Waals surface area contributed by atoms with Gasteiger partial charge in [-0.3, -0.25) is 4.79 Å². The maximum absolute atomic E-state index is 13.5. The van der Waals surface area contributed by atoms with E-state index in [0.29, 0.717) is 11.3 Å². The molecule has 2 heterocycles. The van der Waals surface area contributed by atoms with Gasteiger partial charge in [-0.05, 0) is 42.8 Å². The number of sulfonamides is 1. The number of ether oxygens (including phenoxy) is 2. The highest BCUT2D eigenvalue weighted by Crippen LogP contribution is 2.46. The summed E-state index contributed by atoms with van der Waals surface area (Å²) in [7, 11) is -2.32. The minimum atomic E-state index is -4.67. The molecule has 6 nitrogen and oxygen atoms in total. The molecular weight excluding hydrogens is 447 g/mol. The molecule has 0 saturated carbocycles. The maximum Gasteiger partial charge on any atom is 0.419 e. The second-order valence-electron chi connectivity index (χ2n) is 8.10. The smallest absolute Gasteiger partial charge is 0.419 e. The van der Waals surface area contributed by atoms with Gasteiger partial charge in [0.2, 0.25) is 10.0 Å². The lowest BCUT2D eigenvalue weighted by Gasteiger charge is -2.44. The molecule has 1 spiro atoms. The van der Waals surface area contributed by atoms with Crippen LogP contribution < -0.4 is 9.47 Å². The highest BCUT2D eigenvalue weighted by molar-refractivity contribution is 7.89. The SMILES string of the molecule is COc1ccc(S(=O)(=O)N2CCC3(CC2)CC(=O)c2cccc(C(F)(F)F)c2O3)cc1C. The zero-order chi connectivity index (χ0) is 23.3. The van der Waals surface area contributed by atoms with Gasteiger partial charge in [0.1, 0.15) is 17.1 Å². The number of ketones is 1. The molecule has 0 atom stereocenters. The Morgan fingerprint density at radius 1 is 1.12 bits per heavy atom. The van der Waals surface area contributed by atoms with Crippen LogP contribution >= 0.6 is 0 Å². The van der Waals surface area contributed by atoms with Crippen LogP contribution in [0.15, 0.2) is 41.3 Å². The van der Waals surface area contributed by atoms with Crippen molar-refractivity contribution in [1.29, 1.82) is 0 Å². The number of piperidine rings is 1. The van der Waals surface area contributed by atoms with Crippen LogP contribution in [0.3, 0.4) is 0 Å². The van der Waals surface area contributed by atoms with Crippen molar-refractivity contribution in [2.24, 2.45) is 0 Å². The van der Waals surface area contributed by atoms with Crippen LogP contribution in [0.2, 0.25) is 0 Å². The molecule has 2 aliphatic rings. The average Bonchev–Trinajstić information content (AvgIpc) is 2.73. The van der Waals surface area contributed by atoms with Gasteiger partial charge < -0.3 is 9.47 Å². The third-order valence-electron chi connectivity index (χ3n) is 6.06. The van der Waals surface area contributed by atoms with Crippen LogP contribution in [0.1, 0.15) is 40.7 Å². The summed E-state index contributed by atoms with van der Waals surface area (Å²) < 4.78 is 78.8. The number of alkyl halides is 3. The molecule has 0 radical (unpaired) electrons. The first-order valence-corrected chi connectivity index (χ1v) is 11.5. The number of Topliss-reactive ketones (excluding diaryl/α,β-unsaturated/α-hetero) is 1. The van der Waals surface area contributed by atoms with E-state index in [2.05, 4.69) is 0 Å². The number of hydrogen-bond donors (Lipinski definition) is 0. The van der Waals surface area contributed by atoms with Gasteiger partial charge in [0.15, 0.2) is 5.78 Å². The van der Waals surface area contributed by atoms with Crippen molar-refractivity contribution < 1.29 is 35.9 Å². The Kier molecular flexibility index (Phi) is 5.49. The van der Waals surface area contributed by atoms with Crippen molar-refractivity contribution in [2.75, 3.05) is 20.2 Å². The molecular formula is C22H22F3NO5S. The van der Waals surface area contributed by atoms with E-state index >= 15 is 0 Å². The summed E-state index contributed by atoms with van der Waals surface area (Å²) >= 11 is 0. The van der Waals surface area contributed by atoms with Crippen molar-refractivity contribution in [2.45, 2.75) is 42.9 Å². The monoisotopic (exact) mass is 469 g/mol. The number of benzene rings is 2. The number of hydrogen-bond acceptors (Lipinski definition) is 5. The molecule has 2 aromatic rings. The van der Waals surface area contributed by atoms with Gasteiger partial charge in [0, 0.05) is 25.9 Å². The minimum Gasteiger partial charge on any atom is -0.496 e. The fourth-order valence-electron chi connectivity index (χ4n) is 4.30. The molecule has 32 heavy (non-hydrogen) atoms. The molecule has 2 aliphatic heterocycles. The van der Waals surface area contributed by atoms with Crippen molar-refractivity contribution in [3.63, 3.8) is 0 Å². The van der Waals surface area contributed by atoms with Gasteiger partial charge >= 0.3 is 6.18 Å². The molecule has 0 N–H and O–H groups in total. The van der Waals surface area contributed by atoms with E-state index in [9.17, 15) is 26.4 Å². The number of para-hydroxylation sites is 1. The van der Waals surface area contributed by atoms with Crippen molar-refractivity contribution in [3.8, 4) is 11.5 Å². The zero-order valence-electron chi connectivity index (χ0n) is 17.5. The Bertz CT molecular complexity index is 1170. The van der Waals surface area contributed by atoms with E-state index in [1.54, 1.807) is 13.0 Å². The van der Waals surface area contributed by atoms with Crippen molar-refractivity contribution in [1.82, 2.24) is 4.31 Å². The minimum absolute atomic E-state index is 0.0320. The van der Waals surface area contributed by atoms with Gasteiger partial charge in [-0.25, -0.2) is 8.42 Å². The van der Waals surface area contributed by atoms with Crippen LogP contribution in [-0.4, -0.2) is 44.3 Å². The van der Waals surface area contributed by atoms with Gasteiger partial charge in [0.25, 0.3) is 0 Å². The van der Waals surface area contributed by atoms with Crippen LogP contribution in [-0.2, 0) is 16.2 Å². The Morgan fingerprint density at radius 2 is 1.81 bits per heavy atom. The Hall–Kier alpha value is -2.59. The highest BCUT2D eigenvalue weighted by Gasteiger charge is 2.48. The summed E-state index contributed by atoms with van der Waals surface area (Å²) in [5.41, 5.74) is -1.58. The molecule has 0 bridgehead atoms. The third-order valence-corrected chi connectivity index (χ3v) is 7.95. The number of nitrogens with zero attached hydrogens (tertiary/aromatic N) is 1. The first kappa shape index (κ1) is 22.6. The number of halogens is 3. The average molecular weight is 469 g/mol. The van der Waals surface area contributed by atoms with Gasteiger partial charge in [-0.15, -0.1) is 0 Å². The molecule has 1 saturated heterocycles. The van der Waals surface area contributed by atoms with Gasteiger partial charge in [-0.2, -0.15) is 17.5 Å². The second kappa shape index (κ2) is 7.77. The van der Waals surface area contributed by atoms with E-state index in [1.165, 1.54) is 35.7 Å². The van der Waals surface area contributed by atoms with Crippen LogP contribution in [0, 0.1) is 6.92 Å². The molecule has 2 aromatic carbocycles. The molecule has 172 valence electrons. The predicted octanol–water partition coefficient (Wildman–Crippen LogP) is 4.21. The van der Waals surface area contributed by atoms with E-state index < -0.39 is 38.9 Å². The zero-order valence-corrected chi connectivity index (χ0v) is 18.3. The van der Waals surface area contributed by atoms with Gasteiger partial charge in [0.05, 0.1) is 29.6 Å². The Balaban J connectivity index is 1.58. The number of aryl methyl sites for hydroxylation is 1. The molecule has 0 amide bonds. The lowest BCUT2D eigenvalue weighted by molar-refractivity contribution is -0.140. The van der Waals surface area contributed by atoms with Crippen LogP contribution in [0.5, 0.6) is 11.5 Å². The van der Waals surface area contributed by atoms with Crippen LogP contribution in [0.4, 0.5) is 13.2 Å². The number of carbonyl (C=O) groups is 1. The van der Waals surface area contributed by atoms with Crippen molar-refractivity contribution in [3.05, 3.63) is 53.1 Å². The molecule has 0 aliphatic carbocycles. The summed E-state index contributed by atoms with van der Waals surface area (Å²) in [4.78, 5) is 12.8. The topological polar surface area (TPSA) is 72.9 Å².